The van der Waals surface area contributed by atoms with Crippen molar-refractivity contribution < 1.29 is 14.3 Å². The summed E-state index contributed by atoms with van der Waals surface area (Å²) in [5, 5.41) is 5.55. The van der Waals surface area contributed by atoms with Crippen LogP contribution in [0.4, 0.5) is 0 Å². The van der Waals surface area contributed by atoms with Crippen LogP contribution in [0.2, 0.25) is 0 Å². The van der Waals surface area contributed by atoms with Gasteiger partial charge in [-0.05, 0) is 30.7 Å². The summed E-state index contributed by atoms with van der Waals surface area (Å²) in [5.41, 5.74) is 1.58. The molecule has 0 fully saturated rings. The molecule has 5 nitrogen and oxygen atoms in total. The van der Waals surface area contributed by atoms with E-state index in [-0.39, 0.29) is 18.2 Å². The number of hydrogen-bond donors (Lipinski definition) is 2. The molecule has 5 heteroatoms. The Morgan fingerprint density at radius 2 is 1.58 bits per heavy atom. The topological polar surface area (TPSA) is 67.4 Å². The lowest BCUT2D eigenvalue weighted by atomic mass is 10.1. The highest BCUT2D eigenvalue weighted by molar-refractivity contribution is 5.95. The molecular formula is C19H22N2O3. The van der Waals surface area contributed by atoms with Gasteiger partial charge in [0.05, 0.1) is 13.0 Å². The smallest absolute Gasteiger partial charge is 0.251 e. The molecule has 2 aromatic rings. The van der Waals surface area contributed by atoms with E-state index >= 15 is 0 Å². The van der Waals surface area contributed by atoms with Gasteiger partial charge in [0.2, 0.25) is 5.91 Å². The largest absolute Gasteiger partial charge is 0.493 e. The van der Waals surface area contributed by atoms with E-state index in [2.05, 4.69) is 10.6 Å². The molecule has 0 heterocycles. The van der Waals surface area contributed by atoms with Gasteiger partial charge >= 0.3 is 0 Å². The molecule has 0 saturated carbocycles. The highest BCUT2D eigenvalue weighted by Crippen LogP contribution is 2.08. The number of carbonyl (C=O) groups excluding carboxylic acids is 2. The van der Waals surface area contributed by atoms with Crippen molar-refractivity contribution in [1.82, 2.24) is 10.6 Å². The van der Waals surface area contributed by atoms with E-state index in [1.54, 1.807) is 6.07 Å². The van der Waals surface area contributed by atoms with Crippen molar-refractivity contribution in [3.8, 4) is 5.75 Å². The Morgan fingerprint density at radius 3 is 2.33 bits per heavy atom. The molecular weight excluding hydrogens is 304 g/mol. The third kappa shape index (κ3) is 5.76. The Bertz CT molecular complexity index is 671. The number of amides is 2. The lowest BCUT2D eigenvalue weighted by molar-refractivity contribution is -0.121. The van der Waals surface area contributed by atoms with Crippen molar-refractivity contribution in [1.29, 1.82) is 0 Å². The molecule has 0 aliphatic heterocycles. The summed E-state index contributed by atoms with van der Waals surface area (Å²) in [6.45, 7) is 3.00. The van der Waals surface area contributed by atoms with Gasteiger partial charge in [0.1, 0.15) is 5.75 Å². The Kier molecular flexibility index (Phi) is 6.83. The minimum Gasteiger partial charge on any atom is -0.493 e. The maximum absolute atomic E-state index is 12.0. The number of hydrogen-bond acceptors (Lipinski definition) is 3. The summed E-state index contributed by atoms with van der Waals surface area (Å²) < 4.78 is 5.46. The maximum atomic E-state index is 12.0. The minimum atomic E-state index is -0.130. The number of para-hydroxylation sites is 1. The van der Waals surface area contributed by atoms with Gasteiger partial charge in [-0.3, -0.25) is 9.59 Å². The van der Waals surface area contributed by atoms with Gasteiger partial charge in [-0.2, -0.15) is 0 Å². The normalized spacial score (nSPS) is 10.0. The Labute approximate surface area is 142 Å². The summed E-state index contributed by atoms with van der Waals surface area (Å²) in [5.74, 6) is 0.515. The van der Waals surface area contributed by atoms with Gasteiger partial charge in [0, 0.05) is 18.7 Å². The van der Waals surface area contributed by atoms with Gasteiger partial charge in [-0.15, -0.1) is 0 Å². The van der Waals surface area contributed by atoms with Crippen LogP contribution in [0.25, 0.3) is 0 Å². The van der Waals surface area contributed by atoms with Gasteiger partial charge in [0.25, 0.3) is 5.91 Å². The predicted octanol–water partition coefficient (Wildman–Crippen LogP) is 2.31. The zero-order valence-electron chi connectivity index (χ0n) is 13.7. The molecule has 2 aromatic carbocycles. The van der Waals surface area contributed by atoms with Gasteiger partial charge < -0.3 is 15.4 Å². The van der Waals surface area contributed by atoms with E-state index in [9.17, 15) is 9.59 Å². The number of rotatable bonds is 8. The van der Waals surface area contributed by atoms with Crippen LogP contribution in [0.15, 0.2) is 54.6 Å². The fourth-order valence-corrected chi connectivity index (χ4v) is 2.17. The molecule has 126 valence electrons. The van der Waals surface area contributed by atoms with E-state index in [0.717, 1.165) is 11.3 Å². The van der Waals surface area contributed by atoms with Crippen molar-refractivity contribution in [2.45, 2.75) is 13.3 Å². The van der Waals surface area contributed by atoms with Crippen LogP contribution in [0.1, 0.15) is 22.3 Å². The van der Waals surface area contributed by atoms with E-state index in [1.165, 1.54) is 0 Å². The molecule has 0 saturated heterocycles. The lowest BCUT2D eigenvalue weighted by Crippen LogP contribution is -2.35. The second-order valence-electron chi connectivity index (χ2n) is 5.33. The van der Waals surface area contributed by atoms with Crippen LogP contribution in [-0.4, -0.2) is 31.5 Å². The zero-order chi connectivity index (χ0) is 17.2. The van der Waals surface area contributed by atoms with Crippen molar-refractivity contribution in [3.05, 3.63) is 65.7 Å². The second kappa shape index (κ2) is 9.35. The highest BCUT2D eigenvalue weighted by Gasteiger charge is 2.07. The molecule has 0 bridgehead atoms. The molecule has 0 aliphatic carbocycles. The zero-order valence-corrected chi connectivity index (χ0v) is 13.7. The predicted molar refractivity (Wildman–Crippen MR) is 93.1 cm³/mol. The first-order valence-corrected chi connectivity index (χ1v) is 7.95. The van der Waals surface area contributed by atoms with Crippen LogP contribution in [0.3, 0.4) is 0 Å². The summed E-state index contributed by atoms with van der Waals surface area (Å²) in [6.07, 6.45) is 0.278. The van der Waals surface area contributed by atoms with E-state index in [0.29, 0.717) is 25.3 Å². The summed E-state index contributed by atoms with van der Waals surface area (Å²) in [7, 11) is 0. The Balaban J connectivity index is 1.59. The van der Waals surface area contributed by atoms with Gasteiger partial charge in [0.15, 0.2) is 0 Å². The molecule has 0 radical (unpaired) electrons. The standard InChI is InChI=1S/C19H22N2O3/c1-15-7-5-6-10-17(15)19(23)21-13-12-20-18(22)11-14-24-16-8-3-2-4-9-16/h2-10H,11-14H2,1H3,(H,20,22)(H,21,23). The molecule has 0 aromatic heterocycles. The summed E-state index contributed by atoms with van der Waals surface area (Å²) in [4.78, 5) is 23.7. The molecule has 2 rings (SSSR count). The van der Waals surface area contributed by atoms with Crippen molar-refractivity contribution in [2.24, 2.45) is 0 Å². The van der Waals surface area contributed by atoms with Crippen LogP contribution in [0, 0.1) is 6.92 Å². The molecule has 0 aliphatic rings. The molecule has 0 atom stereocenters. The molecule has 2 N–H and O–H groups in total. The van der Waals surface area contributed by atoms with Crippen molar-refractivity contribution in [2.75, 3.05) is 19.7 Å². The molecule has 0 spiro atoms. The van der Waals surface area contributed by atoms with Crippen LogP contribution >= 0.6 is 0 Å². The fourth-order valence-electron chi connectivity index (χ4n) is 2.17. The Hall–Kier alpha value is -2.82. The van der Waals surface area contributed by atoms with E-state index < -0.39 is 0 Å². The SMILES string of the molecule is Cc1ccccc1C(=O)NCCNC(=O)CCOc1ccccc1. The summed E-state index contributed by atoms with van der Waals surface area (Å²) >= 11 is 0. The van der Waals surface area contributed by atoms with E-state index in [4.69, 9.17) is 4.74 Å². The number of aryl methyl sites for hydroxylation is 1. The lowest BCUT2D eigenvalue weighted by Gasteiger charge is -2.09. The quantitative estimate of drug-likeness (QED) is 0.732. The average Bonchev–Trinajstić information content (AvgIpc) is 2.60. The number of nitrogens with one attached hydrogen (secondary N) is 2. The van der Waals surface area contributed by atoms with Gasteiger partial charge in [-0.1, -0.05) is 36.4 Å². The third-order valence-corrected chi connectivity index (χ3v) is 3.46. The number of carbonyl (C=O) groups is 2. The van der Waals surface area contributed by atoms with Gasteiger partial charge in [-0.25, -0.2) is 0 Å². The number of benzene rings is 2. The molecule has 0 unspecified atom stereocenters. The van der Waals surface area contributed by atoms with Crippen LogP contribution in [0.5, 0.6) is 5.75 Å². The first-order chi connectivity index (χ1) is 11.7. The second-order valence-corrected chi connectivity index (χ2v) is 5.33. The average molecular weight is 326 g/mol. The van der Waals surface area contributed by atoms with Crippen LogP contribution < -0.4 is 15.4 Å². The molecule has 24 heavy (non-hydrogen) atoms. The van der Waals surface area contributed by atoms with Crippen molar-refractivity contribution in [3.63, 3.8) is 0 Å². The summed E-state index contributed by atoms with van der Waals surface area (Å²) in [6, 6.07) is 16.8. The van der Waals surface area contributed by atoms with Crippen molar-refractivity contribution >= 4 is 11.8 Å². The van der Waals surface area contributed by atoms with Crippen LogP contribution in [-0.2, 0) is 4.79 Å². The monoisotopic (exact) mass is 326 g/mol. The third-order valence-electron chi connectivity index (χ3n) is 3.46. The first-order valence-electron chi connectivity index (χ1n) is 7.95. The first kappa shape index (κ1) is 17.5. The maximum Gasteiger partial charge on any atom is 0.251 e. The van der Waals surface area contributed by atoms with E-state index in [1.807, 2.05) is 55.5 Å². The molecule has 2 amide bonds. The Morgan fingerprint density at radius 1 is 0.917 bits per heavy atom. The highest BCUT2D eigenvalue weighted by atomic mass is 16.5. The fraction of sp³-hybridized carbons (Fsp3) is 0.263. The number of ether oxygens (including phenoxy) is 1. The minimum absolute atomic E-state index is 0.101.